The second kappa shape index (κ2) is 8.24. The Bertz CT molecular complexity index is 769. The Hall–Kier alpha value is -3.23. The van der Waals surface area contributed by atoms with Crippen LogP contribution in [-0.2, 0) is 4.79 Å². The summed E-state index contributed by atoms with van der Waals surface area (Å²) in [6.07, 6.45) is 7.69. The van der Waals surface area contributed by atoms with Crippen molar-refractivity contribution in [2.75, 3.05) is 11.9 Å². The minimum absolute atomic E-state index is 0.0538. The topological polar surface area (TPSA) is 135 Å². The summed E-state index contributed by atoms with van der Waals surface area (Å²) in [5.41, 5.74) is 6.75. The van der Waals surface area contributed by atoms with E-state index in [-0.39, 0.29) is 24.5 Å². The van der Waals surface area contributed by atoms with E-state index in [2.05, 4.69) is 30.9 Å². The predicted octanol–water partition coefficient (Wildman–Crippen LogP) is 0.656. The van der Waals surface area contributed by atoms with Crippen molar-refractivity contribution in [3.05, 3.63) is 36.8 Å². The van der Waals surface area contributed by atoms with Gasteiger partial charge in [-0.05, 0) is 37.5 Å². The molecule has 0 unspecified atom stereocenters. The van der Waals surface area contributed by atoms with E-state index in [1.807, 2.05) is 18.2 Å². The molecule has 1 saturated carbocycles. The Kier molecular flexibility index (Phi) is 5.57. The molecule has 1 aliphatic carbocycles. The third-order valence-electron chi connectivity index (χ3n) is 4.19. The standard InChI is InChI=1S/C17H21N7O2/c18-16(26)21-10-15(25)22-12-1-2-13(9-12)23-17-20-8-5-14(24-17)11-3-6-19-7-4-11/h3-8,12-13H,1-2,9-10H2,(H,22,25)(H3,18,21,26)(H,20,23,24)/t12-,13-/m1/s1. The number of pyridine rings is 1. The van der Waals surface area contributed by atoms with Gasteiger partial charge in [0.25, 0.3) is 0 Å². The number of rotatable bonds is 6. The fourth-order valence-electron chi connectivity index (χ4n) is 2.98. The monoisotopic (exact) mass is 355 g/mol. The molecule has 1 aliphatic rings. The van der Waals surface area contributed by atoms with E-state index < -0.39 is 6.03 Å². The van der Waals surface area contributed by atoms with Gasteiger partial charge in [0.15, 0.2) is 0 Å². The molecule has 2 heterocycles. The Morgan fingerprint density at radius 3 is 2.65 bits per heavy atom. The molecule has 3 rings (SSSR count). The van der Waals surface area contributed by atoms with Crippen molar-refractivity contribution in [2.24, 2.45) is 5.73 Å². The maximum Gasteiger partial charge on any atom is 0.312 e. The number of anilines is 1. The fraction of sp³-hybridized carbons (Fsp3) is 0.353. The quantitative estimate of drug-likeness (QED) is 0.601. The third-order valence-corrected chi connectivity index (χ3v) is 4.19. The number of urea groups is 1. The fourth-order valence-corrected chi connectivity index (χ4v) is 2.98. The molecule has 0 radical (unpaired) electrons. The number of amides is 3. The van der Waals surface area contributed by atoms with Gasteiger partial charge in [-0.25, -0.2) is 14.8 Å². The molecule has 0 bridgehead atoms. The van der Waals surface area contributed by atoms with Crippen LogP contribution in [0, 0.1) is 0 Å². The lowest BCUT2D eigenvalue weighted by atomic mass is 10.2. The van der Waals surface area contributed by atoms with Gasteiger partial charge in [-0.3, -0.25) is 9.78 Å². The molecule has 9 heteroatoms. The van der Waals surface area contributed by atoms with Gasteiger partial charge in [-0.15, -0.1) is 0 Å². The average Bonchev–Trinajstić information content (AvgIpc) is 3.07. The highest BCUT2D eigenvalue weighted by Crippen LogP contribution is 2.23. The molecular weight excluding hydrogens is 334 g/mol. The van der Waals surface area contributed by atoms with E-state index in [1.54, 1.807) is 18.6 Å². The lowest BCUT2D eigenvalue weighted by molar-refractivity contribution is -0.120. The number of hydrogen-bond acceptors (Lipinski definition) is 6. The van der Waals surface area contributed by atoms with Crippen molar-refractivity contribution < 1.29 is 9.59 Å². The maximum atomic E-state index is 11.7. The van der Waals surface area contributed by atoms with E-state index in [0.717, 1.165) is 30.5 Å². The largest absolute Gasteiger partial charge is 0.352 e. The van der Waals surface area contributed by atoms with Gasteiger partial charge in [0.05, 0.1) is 12.2 Å². The van der Waals surface area contributed by atoms with Gasteiger partial charge in [-0.1, -0.05) is 0 Å². The molecule has 26 heavy (non-hydrogen) atoms. The Morgan fingerprint density at radius 2 is 1.88 bits per heavy atom. The van der Waals surface area contributed by atoms with Gasteiger partial charge in [-0.2, -0.15) is 0 Å². The zero-order chi connectivity index (χ0) is 18.4. The minimum atomic E-state index is -0.711. The number of nitrogens with one attached hydrogen (secondary N) is 3. The second-order valence-corrected chi connectivity index (χ2v) is 6.14. The lowest BCUT2D eigenvalue weighted by Crippen LogP contribution is -2.42. The molecule has 2 atom stereocenters. The Balaban J connectivity index is 1.53. The number of hydrogen-bond donors (Lipinski definition) is 4. The zero-order valence-corrected chi connectivity index (χ0v) is 14.2. The van der Waals surface area contributed by atoms with E-state index in [9.17, 15) is 9.59 Å². The Morgan fingerprint density at radius 1 is 1.12 bits per heavy atom. The van der Waals surface area contributed by atoms with Crippen molar-refractivity contribution in [3.8, 4) is 11.3 Å². The van der Waals surface area contributed by atoms with Crippen LogP contribution in [-0.4, -0.2) is 45.5 Å². The van der Waals surface area contributed by atoms with E-state index >= 15 is 0 Å². The van der Waals surface area contributed by atoms with Crippen LogP contribution >= 0.6 is 0 Å². The average molecular weight is 355 g/mol. The molecule has 136 valence electrons. The molecule has 3 amide bonds. The van der Waals surface area contributed by atoms with Crippen LogP contribution < -0.4 is 21.7 Å². The van der Waals surface area contributed by atoms with Crippen LogP contribution in [0.5, 0.6) is 0 Å². The molecule has 0 spiro atoms. The van der Waals surface area contributed by atoms with E-state index in [0.29, 0.717) is 5.95 Å². The molecule has 9 nitrogen and oxygen atoms in total. The van der Waals surface area contributed by atoms with Crippen LogP contribution in [0.25, 0.3) is 11.3 Å². The first-order valence-electron chi connectivity index (χ1n) is 8.43. The van der Waals surface area contributed by atoms with Crippen LogP contribution in [0.1, 0.15) is 19.3 Å². The zero-order valence-electron chi connectivity index (χ0n) is 14.2. The summed E-state index contributed by atoms with van der Waals surface area (Å²) in [6, 6.07) is 5.16. The van der Waals surface area contributed by atoms with Gasteiger partial charge in [0, 0.05) is 36.2 Å². The van der Waals surface area contributed by atoms with Crippen molar-refractivity contribution in [2.45, 2.75) is 31.3 Å². The van der Waals surface area contributed by atoms with Gasteiger partial charge in [0.2, 0.25) is 11.9 Å². The van der Waals surface area contributed by atoms with Crippen LogP contribution in [0.15, 0.2) is 36.8 Å². The predicted molar refractivity (Wildman–Crippen MR) is 96.0 cm³/mol. The molecule has 0 aromatic carbocycles. The molecule has 0 saturated heterocycles. The van der Waals surface area contributed by atoms with Gasteiger partial charge in [0.1, 0.15) is 0 Å². The van der Waals surface area contributed by atoms with Crippen molar-refractivity contribution in [1.82, 2.24) is 25.6 Å². The highest BCUT2D eigenvalue weighted by Gasteiger charge is 2.26. The van der Waals surface area contributed by atoms with Crippen LogP contribution in [0.3, 0.4) is 0 Å². The first-order chi connectivity index (χ1) is 12.6. The first-order valence-corrected chi connectivity index (χ1v) is 8.43. The summed E-state index contributed by atoms with van der Waals surface area (Å²) in [5, 5.41) is 8.49. The third kappa shape index (κ3) is 4.88. The molecular formula is C17H21N7O2. The number of nitrogens with zero attached hydrogens (tertiary/aromatic N) is 3. The number of carbonyl (C=O) groups is 2. The summed E-state index contributed by atoms with van der Waals surface area (Å²) in [6.45, 7) is -0.110. The molecule has 5 N–H and O–H groups in total. The summed E-state index contributed by atoms with van der Waals surface area (Å²) in [5.74, 6) is 0.317. The summed E-state index contributed by atoms with van der Waals surface area (Å²) < 4.78 is 0. The van der Waals surface area contributed by atoms with Gasteiger partial charge >= 0.3 is 6.03 Å². The minimum Gasteiger partial charge on any atom is -0.352 e. The molecule has 2 aromatic heterocycles. The summed E-state index contributed by atoms with van der Waals surface area (Å²) >= 11 is 0. The van der Waals surface area contributed by atoms with Gasteiger partial charge < -0.3 is 21.7 Å². The van der Waals surface area contributed by atoms with E-state index in [1.165, 1.54) is 0 Å². The summed E-state index contributed by atoms with van der Waals surface area (Å²) in [7, 11) is 0. The normalized spacial score (nSPS) is 18.9. The van der Waals surface area contributed by atoms with Crippen LogP contribution in [0.4, 0.5) is 10.7 Å². The smallest absolute Gasteiger partial charge is 0.312 e. The van der Waals surface area contributed by atoms with E-state index in [4.69, 9.17) is 5.73 Å². The molecule has 1 fully saturated rings. The molecule has 0 aliphatic heterocycles. The van der Waals surface area contributed by atoms with Crippen molar-refractivity contribution in [3.63, 3.8) is 0 Å². The summed E-state index contributed by atoms with van der Waals surface area (Å²) in [4.78, 5) is 35.2. The number of aromatic nitrogens is 3. The number of primary amides is 1. The lowest BCUT2D eigenvalue weighted by Gasteiger charge is -2.15. The SMILES string of the molecule is NC(=O)NCC(=O)N[C@@H]1CC[C@@H](Nc2nccc(-c3ccncc3)n2)C1. The highest BCUT2D eigenvalue weighted by atomic mass is 16.2. The van der Waals surface area contributed by atoms with Crippen molar-refractivity contribution in [1.29, 1.82) is 0 Å². The van der Waals surface area contributed by atoms with Crippen molar-refractivity contribution >= 4 is 17.9 Å². The maximum absolute atomic E-state index is 11.7. The number of carbonyl (C=O) groups excluding carboxylic acids is 2. The van der Waals surface area contributed by atoms with Crippen LogP contribution in [0.2, 0.25) is 0 Å². The Labute approximate surface area is 150 Å². The number of nitrogens with two attached hydrogens (primary N) is 1. The molecule has 2 aromatic rings. The highest BCUT2D eigenvalue weighted by molar-refractivity contribution is 5.83. The second-order valence-electron chi connectivity index (χ2n) is 6.14. The first kappa shape index (κ1) is 17.6.